The largest absolute Gasteiger partial charge is 0.483 e. The summed E-state index contributed by atoms with van der Waals surface area (Å²) in [5.74, 6) is -0.918. The van der Waals surface area contributed by atoms with Crippen LogP contribution in [0.5, 0.6) is 5.75 Å². The van der Waals surface area contributed by atoms with Gasteiger partial charge in [0.2, 0.25) is 0 Å². The number of carbonyl (C=O) groups is 2. The molecule has 0 spiro atoms. The van der Waals surface area contributed by atoms with Gasteiger partial charge in [-0.05, 0) is 30.7 Å². The Balaban J connectivity index is 1.93. The molecule has 0 saturated carbocycles. The van der Waals surface area contributed by atoms with E-state index in [2.05, 4.69) is 10.9 Å². The Bertz CT molecular complexity index is 825. The highest BCUT2D eigenvalue weighted by Crippen LogP contribution is 2.22. The number of benzene rings is 2. The summed E-state index contributed by atoms with van der Waals surface area (Å²) < 4.78 is 5.33. The van der Waals surface area contributed by atoms with Crippen LogP contribution in [0.15, 0.2) is 42.5 Å². The van der Waals surface area contributed by atoms with E-state index in [1.165, 1.54) is 12.1 Å². The minimum Gasteiger partial charge on any atom is -0.483 e. The smallest absolute Gasteiger partial charge is 0.283 e. The highest BCUT2D eigenvalue weighted by molar-refractivity contribution is 6.31. The predicted octanol–water partition coefficient (Wildman–Crippen LogP) is 2.40. The third-order valence-electron chi connectivity index (χ3n) is 3.17. The van der Waals surface area contributed by atoms with Gasteiger partial charge in [0.05, 0.1) is 4.92 Å². The summed E-state index contributed by atoms with van der Waals surface area (Å²) in [6.07, 6.45) is 0. The molecule has 25 heavy (non-hydrogen) atoms. The number of hydrazine groups is 1. The van der Waals surface area contributed by atoms with Gasteiger partial charge in [-0.25, -0.2) is 0 Å². The molecular weight excluding hydrogens is 350 g/mol. The Labute approximate surface area is 147 Å². The second-order valence-corrected chi connectivity index (χ2v) is 5.41. The lowest BCUT2D eigenvalue weighted by molar-refractivity contribution is -0.385. The zero-order valence-corrected chi connectivity index (χ0v) is 13.9. The summed E-state index contributed by atoms with van der Waals surface area (Å²) in [7, 11) is 0. The first-order chi connectivity index (χ1) is 11.9. The van der Waals surface area contributed by atoms with Crippen LogP contribution >= 0.6 is 11.6 Å². The van der Waals surface area contributed by atoms with E-state index in [1.54, 1.807) is 12.1 Å². The van der Waals surface area contributed by atoms with Crippen LogP contribution in [-0.2, 0) is 4.79 Å². The topological polar surface area (TPSA) is 111 Å². The van der Waals surface area contributed by atoms with Crippen molar-refractivity contribution in [2.45, 2.75) is 6.92 Å². The van der Waals surface area contributed by atoms with E-state index in [4.69, 9.17) is 16.3 Å². The fourth-order valence-corrected chi connectivity index (χ4v) is 2.11. The Kier molecular flexibility index (Phi) is 5.91. The summed E-state index contributed by atoms with van der Waals surface area (Å²) in [5, 5.41) is 11.1. The predicted molar refractivity (Wildman–Crippen MR) is 90.4 cm³/mol. The molecule has 0 atom stereocenters. The first-order valence-corrected chi connectivity index (χ1v) is 7.48. The number of amides is 2. The van der Waals surface area contributed by atoms with Gasteiger partial charge in [-0.15, -0.1) is 0 Å². The number of nitro groups is 1. The number of nitro benzene ring substituents is 1. The zero-order valence-electron chi connectivity index (χ0n) is 13.1. The van der Waals surface area contributed by atoms with Gasteiger partial charge >= 0.3 is 0 Å². The van der Waals surface area contributed by atoms with Gasteiger partial charge in [0, 0.05) is 11.1 Å². The minimum absolute atomic E-state index is 0.124. The Morgan fingerprint density at radius 2 is 1.92 bits per heavy atom. The maximum Gasteiger partial charge on any atom is 0.283 e. The Morgan fingerprint density at radius 1 is 1.20 bits per heavy atom. The van der Waals surface area contributed by atoms with Crippen LogP contribution in [0.25, 0.3) is 0 Å². The molecule has 0 aromatic heterocycles. The SMILES string of the molecule is Cc1ccccc1OCC(=O)NNC(=O)c1ccc(Cl)cc1[N+](=O)[O-]. The third-order valence-corrected chi connectivity index (χ3v) is 3.40. The molecule has 0 aliphatic rings. The molecule has 0 unspecified atom stereocenters. The summed E-state index contributed by atoms with van der Waals surface area (Å²) in [5.41, 5.74) is 4.40. The number of rotatable bonds is 5. The molecule has 0 aliphatic carbocycles. The number of nitrogens with zero attached hydrogens (tertiary/aromatic N) is 1. The molecule has 2 aromatic rings. The Morgan fingerprint density at radius 3 is 2.60 bits per heavy atom. The van der Waals surface area contributed by atoms with Crippen molar-refractivity contribution in [2.24, 2.45) is 0 Å². The van der Waals surface area contributed by atoms with Gasteiger partial charge in [-0.2, -0.15) is 0 Å². The van der Waals surface area contributed by atoms with Crippen LogP contribution in [-0.4, -0.2) is 23.3 Å². The number of hydrogen-bond acceptors (Lipinski definition) is 5. The van der Waals surface area contributed by atoms with Gasteiger partial charge < -0.3 is 4.74 Å². The molecule has 0 saturated heterocycles. The first kappa shape index (κ1) is 18.2. The highest BCUT2D eigenvalue weighted by atomic mass is 35.5. The maximum absolute atomic E-state index is 12.0. The number of hydrogen-bond donors (Lipinski definition) is 2. The zero-order chi connectivity index (χ0) is 18.4. The van der Waals surface area contributed by atoms with Crippen molar-refractivity contribution < 1.29 is 19.2 Å². The van der Waals surface area contributed by atoms with E-state index < -0.39 is 22.4 Å². The van der Waals surface area contributed by atoms with Crippen molar-refractivity contribution in [3.8, 4) is 5.75 Å². The summed E-state index contributed by atoms with van der Waals surface area (Å²) in [6, 6.07) is 10.7. The second kappa shape index (κ2) is 8.11. The molecule has 9 heteroatoms. The lowest BCUT2D eigenvalue weighted by Gasteiger charge is -2.10. The van der Waals surface area contributed by atoms with E-state index in [0.29, 0.717) is 5.75 Å². The van der Waals surface area contributed by atoms with E-state index in [-0.39, 0.29) is 17.2 Å². The monoisotopic (exact) mass is 363 g/mol. The van der Waals surface area contributed by atoms with E-state index in [9.17, 15) is 19.7 Å². The molecule has 8 nitrogen and oxygen atoms in total. The summed E-state index contributed by atoms with van der Waals surface area (Å²) in [4.78, 5) is 34.0. The van der Waals surface area contributed by atoms with Crippen molar-refractivity contribution in [2.75, 3.05) is 6.61 Å². The fraction of sp³-hybridized carbons (Fsp3) is 0.125. The molecule has 2 N–H and O–H groups in total. The number of ether oxygens (including phenoxy) is 1. The minimum atomic E-state index is -0.840. The standard InChI is InChI=1S/C16H14ClN3O5/c1-10-4-2-3-5-14(10)25-9-15(21)18-19-16(22)12-7-6-11(17)8-13(12)20(23)24/h2-8H,9H2,1H3,(H,18,21)(H,19,22). The molecular formula is C16H14ClN3O5. The van der Waals surface area contributed by atoms with Crippen LogP contribution in [0, 0.1) is 17.0 Å². The number of carbonyl (C=O) groups excluding carboxylic acids is 2. The van der Waals surface area contributed by atoms with Crippen LogP contribution < -0.4 is 15.6 Å². The number of nitrogens with one attached hydrogen (secondary N) is 2. The van der Waals surface area contributed by atoms with Crippen molar-refractivity contribution in [1.82, 2.24) is 10.9 Å². The van der Waals surface area contributed by atoms with E-state index in [1.807, 2.05) is 19.1 Å². The van der Waals surface area contributed by atoms with Crippen LogP contribution in [0.2, 0.25) is 5.02 Å². The average molecular weight is 364 g/mol. The first-order valence-electron chi connectivity index (χ1n) is 7.10. The fourth-order valence-electron chi connectivity index (χ4n) is 1.94. The number of para-hydroxylation sites is 1. The second-order valence-electron chi connectivity index (χ2n) is 4.98. The normalized spacial score (nSPS) is 10.0. The molecule has 2 rings (SSSR count). The van der Waals surface area contributed by atoms with Crippen LogP contribution in [0.1, 0.15) is 15.9 Å². The molecule has 0 heterocycles. The quantitative estimate of drug-likeness (QED) is 0.626. The maximum atomic E-state index is 12.0. The molecule has 0 radical (unpaired) electrons. The van der Waals surface area contributed by atoms with Crippen molar-refractivity contribution in [3.05, 3.63) is 68.7 Å². The molecule has 2 aromatic carbocycles. The van der Waals surface area contributed by atoms with Crippen LogP contribution in [0.3, 0.4) is 0 Å². The lowest BCUT2D eigenvalue weighted by Crippen LogP contribution is -2.44. The number of halogens is 1. The van der Waals surface area contributed by atoms with Gasteiger partial charge in [-0.3, -0.25) is 30.6 Å². The molecule has 130 valence electrons. The molecule has 0 fully saturated rings. The lowest BCUT2D eigenvalue weighted by atomic mass is 10.2. The van der Waals surface area contributed by atoms with E-state index >= 15 is 0 Å². The summed E-state index contributed by atoms with van der Waals surface area (Å²) >= 11 is 5.68. The molecule has 2 amide bonds. The van der Waals surface area contributed by atoms with Gasteiger partial charge in [0.1, 0.15) is 11.3 Å². The highest BCUT2D eigenvalue weighted by Gasteiger charge is 2.21. The van der Waals surface area contributed by atoms with Crippen LogP contribution in [0.4, 0.5) is 5.69 Å². The third kappa shape index (κ3) is 4.92. The molecule has 0 aliphatic heterocycles. The summed E-state index contributed by atoms with van der Waals surface area (Å²) in [6.45, 7) is 1.50. The van der Waals surface area contributed by atoms with Gasteiger partial charge in [-0.1, -0.05) is 29.8 Å². The van der Waals surface area contributed by atoms with Crippen molar-refractivity contribution in [1.29, 1.82) is 0 Å². The van der Waals surface area contributed by atoms with E-state index in [0.717, 1.165) is 11.6 Å². The van der Waals surface area contributed by atoms with Crippen molar-refractivity contribution >= 4 is 29.1 Å². The molecule has 0 bridgehead atoms. The average Bonchev–Trinajstić information content (AvgIpc) is 2.58. The van der Waals surface area contributed by atoms with Crippen molar-refractivity contribution in [3.63, 3.8) is 0 Å². The van der Waals surface area contributed by atoms with Gasteiger partial charge in [0.25, 0.3) is 17.5 Å². The Hall–Kier alpha value is -3.13. The van der Waals surface area contributed by atoms with Gasteiger partial charge in [0.15, 0.2) is 6.61 Å². The number of aryl methyl sites for hydroxylation is 1.